The lowest BCUT2D eigenvalue weighted by Gasteiger charge is -2.33. The minimum absolute atomic E-state index is 0.0393. The molecule has 0 aliphatic carbocycles. The molecule has 0 saturated carbocycles. The molecule has 2 rings (SSSR count). The molecule has 30 heavy (non-hydrogen) atoms. The van der Waals surface area contributed by atoms with E-state index in [1.165, 1.54) is 23.9 Å². The average Bonchev–Trinajstić information content (AvgIpc) is 2.62. The minimum atomic E-state index is -0.434. The van der Waals surface area contributed by atoms with Crippen molar-refractivity contribution < 1.29 is 14.6 Å². The fourth-order valence-electron chi connectivity index (χ4n) is 3.47. The van der Waals surface area contributed by atoms with Crippen LogP contribution in [-0.4, -0.2) is 23.8 Å². The van der Waals surface area contributed by atoms with Crippen molar-refractivity contribution in [2.45, 2.75) is 46.5 Å². The number of rotatable bonds is 7. The number of phenols is 1. The lowest BCUT2D eigenvalue weighted by molar-refractivity contribution is -0.123. The van der Waals surface area contributed by atoms with Gasteiger partial charge in [0.25, 0.3) is 5.91 Å². The van der Waals surface area contributed by atoms with Gasteiger partial charge in [-0.25, -0.2) is 5.43 Å². The van der Waals surface area contributed by atoms with Crippen LogP contribution in [0.25, 0.3) is 0 Å². The number of hydrazone groups is 1. The third-order valence-electron chi connectivity index (χ3n) is 4.43. The Morgan fingerprint density at radius 3 is 2.37 bits per heavy atom. The van der Waals surface area contributed by atoms with Crippen molar-refractivity contribution in [3.63, 3.8) is 0 Å². The lowest BCUT2D eigenvalue weighted by atomic mass is 9.72. The molecule has 0 saturated heterocycles. The van der Waals surface area contributed by atoms with Crippen molar-refractivity contribution in [2.24, 2.45) is 10.5 Å². The van der Waals surface area contributed by atoms with Crippen LogP contribution in [0.2, 0.25) is 10.0 Å². The number of hydrogen-bond acceptors (Lipinski definition) is 4. The number of aromatic hydroxyl groups is 1. The maximum absolute atomic E-state index is 11.9. The van der Waals surface area contributed by atoms with Crippen LogP contribution in [0.4, 0.5) is 0 Å². The first-order valence-corrected chi connectivity index (χ1v) is 10.4. The first kappa shape index (κ1) is 24.0. The number of halogens is 2. The van der Waals surface area contributed by atoms with Gasteiger partial charge < -0.3 is 9.84 Å². The molecule has 2 aromatic rings. The molecule has 0 aromatic heterocycles. The molecule has 7 heteroatoms. The van der Waals surface area contributed by atoms with Gasteiger partial charge in [-0.05, 0) is 47.1 Å². The first-order valence-electron chi connectivity index (χ1n) is 9.61. The Labute approximate surface area is 188 Å². The summed E-state index contributed by atoms with van der Waals surface area (Å²) in [4.78, 5) is 11.9. The molecule has 162 valence electrons. The smallest absolute Gasteiger partial charge is 0.277 e. The molecule has 0 spiro atoms. The summed E-state index contributed by atoms with van der Waals surface area (Å²) in [5, 5.41) is 14.1. The minimum Gasteiger partial charge on any atom is -0.506 e. The number of nitrogens with one attached hydrogen (secondary N) is 1. The summed E-state index contributed by atoms with van der Waals surface area (Å²) in [6.07, 6.45) is 2.31. The molecule has 2 N–H and O–H groups in total. The molecule has 5 nitrogen and oxygen atoms in total. The SMILES string of the molecule is CC(C)(C)CC(C)(C)c1ccc(OCC(=O)NN=Cc2cc(Cl)cc(Cl)c2O)cc1. The molecule has 2 aromatic carbocycles. The van der Waals surface area contributed by atoms with E-state index in [1.54, 1.807) is 0 Å². The molecule has 0 atom stereocenters. The van der Waals surface area contributed by atoms with Gasteiger partial charge in [0.2, 0.25) is 0 Å². The summed E-state index contributed by atoms with van der Waals surface area (Å²) in [7, 11) is 0. The van der Waals surface area contributed by atoms with E-state index in [4.69, 9.17) is 27.9 Å². The van der Waals surface area contributed by atoms with Crippen LogP contribution in [0.3, 0.4) is 0 Å². The van der Waals surface area contributed by atoms with Gasteiger partial charge in [0.1, 0.15) is 11.5 Å². The molecule has 0 bridgehead atoms. The van der Waals surface area contributed by atoms with E-state index in [1.807, 2.05) is 24.3 Å². The van der Waals surface area contributed by atoms with Crippen LogP contribution in [-0.2, 0) is 10.2 Å². The highest BCUT2D eigenvalue weighted by Crippen LogP contribution is 2.36. The summed E-state index contributed by atoms with van der Waals surface area (Å²) in [6, 6.07) is 10.7. The maximum atomic E-state index is 11.9. The Kier molecular flexibility index (Phi) is 7.78. The number of hydrogen-bond donors (Lipinski definition) is 2. The number of carbonyl (C=O) groups excluding carboxylic acids is 1. The van der Waals surface area contributed by atoms with E-state index in [0.29, 0.717) is 16.3 Å². The van der Waals surface area contributed by atoms with E-state index < -0.39 is 5.91 Å². The van der Waals surface area contributed by atoms with E-state index in [-0.39, 0.29) is 28.2 Å². The normalized spacial score (nSPS) is 12.2. The number of amides is 1. The Morgan fingerprint density at radius 2 is 1.77 bits per heavy atom. The van der Waals surface area contributed by atoms with Crippen LogP contribution in [0, 0.1) is 5.41 Å². The van der Waals surface area contributed by atoms with Crippen molar-refractivity contribution in [1.82, 2.24) is 5.43 Å². The van der Waals surface area contributed by atoms with Crippen molar-refractivity contribution >= 4 is 35.3 Å². The summed E-state index contributed by atoms with van der Waals surface area (Å²) in [5.41, 5.74) is 4.12. The maximum Gasteiger partial charge on any atom is 0.277 e. The quantitative estimate of drug-likeness (QED) is 0.404. The second-order valence-corrected chi connectivity index (χ2v) is 9.90. The highest BCUT2D eigenvalue weighted by molar-refractivity contribution is 6.36. The zero-order valence-electron chi connectivity index (χ0n) is 17.9. The number of ether oxygens (including phenoxy) is 1. The average molecular weight is 451 g/mol. The number of nitrogens with zero attached hydrogens (tertiary/aromatic N) is 1. The van der Waals surface area contributed by atoms with Crippen LogP contribution in [0.1, 0.15) is 52.2 Å². The van der Waals surface area contributed by atoms with Crippen molar-refractivity contribution in [3.8, 4) is 11.5 Å². The van der Waals surface area contributed by atoms with Crippen LogP contribution in [0.5, 0.6) is 11.5 Å². The number of benzene rings is 2. The van der Waals surface area contributed by atoms with Gasteiger partial charge in [0, 0.05) is 10.6 Å². The standard InChI is InChI=1S/C23H28Cl2N2O3/c1-22(2,3)14-23(4,5)16-6-8-18(9-7-16)30-13-20(28)27-26-12-15-10-17(24)11-19(25)21(15)29/h6-12,29H,13-14H2,1-5H3,(H,27,28). The third kappa shape index (κ3) is 7.22. The molecule has 0 unspecified atom stereocenters. The molecule has 0 radical (unpaired) electrons. The largest absolute Gasteiger partial charge is 0.506 e. The predicted octanol–water partition coefficient (Wildman–Crippen LogP) is 5.94. The van der Waals surface area contributed by atoms with Gasteiger partial charge in [-0.2, -0.15) is 5.10 Å². The Morgan fingerprint density at radius 1 is 1.13 bits per heavy atom. The van der Waals surface area contributed by atoms with E-state index in [2.05, 4.69) is 45.1 Å². The van der Waals surface area contributed by atoms with Crippen molar-refractivity contribution in [3.05, 3.63) is 57.6 Å². The molecule has 0 heterocycles. The monoisotopic (exact) mass is 450 g/mol. The van der Waals surface area contributed by atoms with Gasteiger partial charge in [0.05, 0.1) is 11.2 Å². The molecule has 0 aliphatic heterocycles. The lowest BCUT2D eigenvalue weighted by Crippen LogP contribution is -2.25. The molecular weight excluding hydrogens is 423 g/mol. The van der Waals surface area contributed by atoms with Crippen LogP contribution < -0.4 is 10.2 Å². The van der Waals surface area contributed by atoms with Crippen LogP contribution in [0.15, 0.2) is 41.5 Å². The van der Waals surface area contributed by atoms with Gasteiger partial charge in [-0.3, -0.25) is 4.79 Å². The molecular formula is C23H28Cl2N2O3. The fraction of sp³-hybridized carbons (Fsp3) is 0.391. The Bertz CT molecular complexity index is 917. The third-order valence-corrected chi connectivity index (χ3v) is 4.93. The second-order valence-electron chi connectivity index (χ2n) is 9.05. The topological polar surface area (TPSA) is 70.9 Å². The van der Waals surface area contributed by atoms with Crippen molar-refractivity contribution in [1.29, 1.82) is 0 Å². The van der Waals surface area contributed by atoms with E-state index in [9.17, 15) is 9.90 Å². The summed E-state index contributed by atoms with van der Waals surface area (Å²) in [6.45, 7) is 11.0. The summed E-state index contributed by atoms with van der Waals surface area (Å²) < 4.78 is 5.52. The van der Waals surface area contributed by atoms with Gasteiger partial charge in [0.15, 0.2) is 6.61 Å². The molecule has 0 aliphatic rings. The summed E-state index contributed by atoms with van der Waals surface area (Å²) >= 11 is 11.7. The molecule has 0 fully saturated rings. The first-order chi connectivity index (χ1) is 13.9. The zero-order chi connectivity index (χ0) is 22.5. The Balaban J connectivity index is 1.89. The highest BCUT2D eigenvalue weighted by Gasteiger charge is 2.27. The molecule has 1 amide bonds. The predicted molar refractivity (Wildman–Crippen MR) is 123 cm³/mol. The number of carbonyl (C=O) groups is 1. The Hall–Kier alpha value is -2.24. The van der Waals surface area contributed by atoms with E-state index in [0.717, 1.165) is 6.42 Å². The van der Waals surface area contributed by atoms with Gasteiger partial charge in [-0.15, -0.1) is 0 Å². The highest BCUT2D eigenvalue weighted by atomic mass is 35.5. The van der Waals surface area contributed by atoms with E-state index >= 15 is 0 Å². The van der Waals surface area contributed by atoms with Crippen LogP contribution >= 0.6 is 23.2 Å². The zero-order valence-corrected chi connectivity index (χ0v) is 19.4. The van der Waals surface area contributed by atoms with Crippen molar-refractivity contribution in [2.75, 3.05) is 6.61 Å². The van der Waals surface area contributed by atoms with Gasteiger partial charge in [-0.1, -0.05) is 70.0 Å². The summed E-state index contributed by atoms with van der Waals surface area (Å²) in [5.74, 6) is 0.00417. The second kappa shape index (κ2) is 9.71. The fourth-order valence-corrected chi connectivity index (χ4v) is 3.98. The van der Waals surface area contributed by atoms with Gasteiger partial charge >= 0.3 is 0 Å². The number of phenolic OH excluding ortho intramolecular Hbond substituents is 1.